The van der Waals surface area contributed by atoms with Crippen LogP contribution in [0.4, 0.5) is 10.1 Å². The van der Waals surface area contributed by atoms with E-state index in [0.717, 1.165) is 32.2 Å². The zero-order valence-corrected chi connectivity index (χ0v) is 10.5. The number of nitrogens with one attached hydrogen (secondary N) is 1. The van der Waals surface area contributed by atoms with E-state index >= 15 is 0 Å². The number of esters is 1. The molecular weight excluding hydrogens is 265 g/mol. The molecule has 1 atom stereocenters. The molecule has 1 unspecified atom stereocenters. The average Bonchev–Trinajstić information content (AvgIpc) is 2.30. The number of aromatic hydroxyl groups is 1. The van der Waals surface area contributed by atoms with Crippen molar-refractivity contribution in [1.82, 2.24) is 0 Å². The highest BCUT2D eigenvalue weighted by molar-refractivity contribution is 7.94. The van der Waals surface area contributed by atoms with E-state index < -0.39 is 27.1 Å². The maximum Gasteiger partial charge on any atom is 0.325 e. The van der Waals surface area contributed by atoms with Crippen molar-refractivity contribution in [2.75, 3.05) is 11.8 Å². The first-order chi connectivity index (χ1) is 8.27. The molecule has 18 heavy (non-hydrogen) atoms. The summed E-state index contributed by atoms with van der Waals surface area (Å²) in [5.41, 5.74) is -0.358. The number of sulfonamides is 1. The Labute approximate surface area is 103 Å². The number of carbonyl (C=O) groups excluding carboxylic acids is 1. The summed E-state index contributed by atoms with van der Waals surface area (Å²) in [5, 5.41) is 7.50. The van der Waals surface area contributed by atoms with Gasteiger partial charge in [0.1, 0.15) is 5.75 Å². The second kappa shape index (κ2) is 5.21. The molecule has 8 heteroatoms. The predicted octanol–water partition coefficient (Wildman–Crippen LogP) is 0.834. The van der Waals surface area contributed by atoms with Crippen molar-refractivity contribution in [2.24, 2.45) is 0 Å². The van der Waals surface area contributed by atoms with Crippen molar-refractivity contribution in [2.45, 2.75) is 12.2 Å². The van der Waals surface area contributed by atoms with Crippen LogP contribution in [0.3, 0.4) is 0 Å². The molecule has 100 valence electrons. The molecule has 0 aliphatic rings. The number of ether oxygens (including phenoxy) is 1. The predicted molar refractivity (Wildman–Crippen MR) is 62.1 cm³/mol. The van der Waals surface area contributed by atoms with E-state index in [1.807, 2.05) is 4.72 Å². The van der Waals surface area contributed by atoms with E-state index in [4.69, 9.17) is 5.11 Å². The van der Waals surface area contributed by atoms with Gasteiger partial charge in [0.2, 0.25) is 10.0 Å². The quantitative estimate of drug-likeness (QED) is 0.628. The number of benzene rings is 1. The van der Waals surface area contributed by atoms with Gasteiger partial charge in [-0.2, -0.15) is 0 Å². The van der Waals surface area contributed by atoms with E-state index in [9.17, 15) is 17.6 Å². The lowest BCUT2D eigenvalue weighted by Crippen LogP contribution is -2.33. The molecule has 1 aromatic rings. The maximum atomic E-state index is 13.3. The van der Waals surface area contributed by atoms with Gasteiger partial charge in [-0.3, -0.25) is 9.52 Å². The van der Waals surface area contributed by atoms with Crippen LogP contribution in [-0.4, -0.2) is 31.9 Å². The molecule has 0 aliphatic heterocycles. The molecule has 0 amide bonds. The Morgan fingerprint density at radius 1 is 1.50 bits per heavy atom. The van der Waals surface area contributed by atoms with E-state index in [1.54, 1.807) is 0 Å². The van der Waals surface area contributed by atoms with Gasteiger partial charge in [-0.1, -0.05) is 0 Å². The summed E-state index contributed by atoms with van der Waals surface area (Å²) in [6, 6.07) is 2.91. The van der Waals surface area contributed by atoms with Crippen LogP contribution in [0.2, 0.25) is 0 Å². The van der Waals surface area contributed by atoms with Gasteiger partial charge in [0.05, 0.1) is 12.8 Å². The molecule has 0 saturated carbocycles. The summed E-state index contributed by atoms with van der Waals surface area (Å²) in [6.45, 7) is 1.12. The van der Waals surface area contributed by atoms with Crippen LogP contribution >= 0.6 is 0 Å². The van der Waals surface area contributed by atoms with Crippen LogP contribution in [0.1, 0.15) is 6.92 Å². The lowest BCUT2D eigenvalue weighted by atomic mass is 10.3. The highest BCUT2D eigenvalue weighted by atomic mass is 32.2. The third-order valence-electron chi connectivity index (χ3n) is 2.20. The van der Waals surface area contributed by atoms with Crippen molar-refractivity contribution in [3.05, 3.63) is 24.0 Å². The Morgan fingerprint density at radius 2 is 2.11 bits per heavy atom. The third-order valence-corrected chi connectivity index (χ3v) is 3.83. The average molecular weight is 277 g/mol. The molecule has 0 aliphatic carbocycles. The van der Waals surface area contributed by atoms with Gasteiger partial charge < -0.3 is 9.84 Å². The molecule has 0 heterocycles. The standard InChI is InChI=1S/C10H12FNO5S/c1-6(10(14)17-2)18(15,16)12-9-4-3-7(13)5-8(9)11/h3-6,12-13H,1-2H3. The van der Waals surface area contributed by atoms with Crippen molar-refractivity contribution >= 4 is 21.7 Å². The molecule has 0 radical (unpaired) electrons. The molecule has 1 rings (SSSR count). The number of phenols is 1. The van der Waals surface area contributed by atoms with Crippen LogP contribution in [0, 0.1) is 5.82 Å². The number of carbonyl (C=O) groups is 1. The van der Waals surface area contributed by atoms with Gasteiger partial charge >= 0.3 is 5.97 Å². The van der Waals surface area contributed by atoms with Gasteiger partial charge in [0.15, 0.2) is 11.1 Å². The highest BCUT2D eigenvalue weighted by Gasteiger charge is 2.29. The number of halogens is 1. The van der Waals surface area contributed by atoms with Crippen LogP contribution in [0.5, 0.6) is 5.75 Å². The zero-order chi connectivity index (χ0) is 13.9. The summed E-state index contributed by atoms with van der Waals surface area (Å²) in [5.74, 6) is -2.24. The fourth-order valence-corrected chi connectivity index (χ4v) is 2.12. The smallest absolute Gasteiger partial charge is 0.325 e. The van der Waals surface area contributed by atoms with Crippen molar-refractivity contribution < 1.29 is 27.4 Å². The van der Waals surface area contributed by atoms with E-state index in [0.29, 0.717) is 0 Å². The van der Waals surface area contributed by atoms with Crippen molar-refractivity contribution in [3.8, 4) is 5.75 Å². The van der Waals surface area contributed by atoms with Gasteiger partial charge in [-0.05, 0) is 19.1 Å². The van der Waals surface area contributed by atoms with Crippen LogP contribution in [0.25, 0.3) is 0 Å². The number of phenolic OH excluding ortho intramolecular Hbond substituents is 1. The van der Waals surface area contributed by atoms with Crippen LogP contribution in [0.15, 0.2) is 18.2 Å². The second-order valence-corrected chi connectivity index (χ2v) is 5.48. The molecule has 1 aromatic carbocycles. The Kier molecular flexibility index (Phi) is 4.12. The number of hydrogen-bond acceptors (Lipinski definition) is 5. The highest BCUT2D eigenvalue weighted by Crippen LogP contribution is 2.21. The topological polar surface area (TPSA) is 92.7 Å². The molecule has 0 saturated heterocycles. The fourth-order valence-electron chi connectivity index (χ4n) is 1.12. The minimum atomic E-state index is -4.11. The summed E-state index contributed by atoms with van der Waals surface area (Å²) in [4.78, 5) is 11.1. The molecule has 6 nitrogen and oxygen atoms in total. The van der Waals surface area contributed by atoms with E-state index in [-0.39, 0.29) is 11.4 Å². The number of rotatable bonds is 4. The van der Waals surface area contributed by atoms with Gasteiger partial charge in [0.25, 0.3) is 0 Å². The lowest BCUT2D eigenvalue weighted by molar-refractivity contribution is -0.139. The second-order valence-electron chi connectivity index (χ2n) is 3.48. The first-order valence-electron chi connectivity index (χ1n) is 4.86. The van der Waals surface area contributed by atoms with Gasteiger partial charge in [-0.25, -0.2) is 12.8 Å². The Morgan fingerprint density at radius 3 is 2.61 bits per heavy atom. The Balaban J connectivity index is 2.99. The number of methoxy groups -OCH3 is 1. The summed E-state index contributed by atoms with van der Waals surface area (Å²) in [6.07, 6.45) is 0. The van der Waals surface area contributed by atoms with Crippen molar-refractivity contribution in [1.29, 1.82) is 0 Å². The molecule has 0 aromatic heterocycles. The van der Waals surface area contributed by atoms with Crippen LogP contribution < -0.4 is 4.72 Å². The fraction of sp³-hybridized carbons (Fsp3) is 0.300. The SMILES string of the molecule is COC(=O)C(C)S(=O)(=O)Nc1ccc(O)cc1F. The first kappa shape index (κ1) is 14.2. The van der Waals surface area contributed by atoms with Gasteiger partial charge in [0, 0.05) is 6.07 Å². The lowest BCUT2D eigenvalue weighted by Gasteiger charge is -2.13. The van der Waals surface area contributed by atoms with E-state index in [1.165, 1.54) is 0 Å². The van der Waals surface area contributed by atoms with Gasteiger partial charge in [-0.15, -0.1) is 0 Å². The number of anilines is 1. The Hall–Kier alpha value is -1.83. The monoisotopic (exact) mass is 277 g/mol. The largest absolute Gasteiger partial charge is 0.508 e. The van der Waals surface area contributed by atoms with Crippen LogP contribution in [-0.2, 0) is 19.6 Å². The zero-order valence-electron chi connectivity index (χ0n) is 9.68. The molecular formula is C10H12FNO5S. The van der Waals surface area contributed by atoms with E-state index in [2.05, 4.69) is 4.74 Å². The molecule has 2 N–H and O–H groups in total. The molecule has 0 fully saturated rings. The minimum Gasteiger partial charge on any atom is -0.508 e. The summed E-state index contributed by atoms with van der Waals surface area (Å²) >= 11 is 0. The molecule has 0 spiro atoms. The molecule has 0 bridgehead atoms. The maximum absolute atomic E-state index is 13.3. The summed E-state index contributed by atoms with van der Waals surface area (Å²) in [7, 11) is -3.06. The first-order valence-corrected chi connectivity index (χ1v) is 6.40. The van der Waals surface area contributed by atoms with Crippen molar-refractivity contribution in [3.63, 3.8) is 0 Å². The third kappa shape index (κ3) is 3.10. The normalized spacial score (nSPS) is 12.8. The summed E-state index contributed by atoms with van der Waals surface area (Å²) < 4.78 is 42.9. The Bertz CT molecular complexity index is 557. The number of hydrogen-bond donors (Lipinski definition) is 2. The minimum absolute atomic E-state index is 0.337.